The molecule has 2 aromatic carbocycles. The van der Waals surface area contributed by atoms with Gasteiger partial charge in [-0.15, -0.1) is 5.10 Å². The molecule has 1 heterocycles. The van der Waals surface area contributed by atoms with Gasteiger partial charge in [0.15, 0.2) is 0 Å². The first-order valence-corrected chi connectivity index (χ1v) is 7.81. The van der Waals surface area contributed by atoms with Crippen LogP contribution < -0.4 is 0 Å². The first kappa shape index (κ1) is 15.9. The zero-order valence-corrected chi connectivity index (χ0v) is 13.8. The average molecular weight is 317 g/mol. The Labute approximate surface area is 141 Å². The highest BCUT2D eigenvalue weighted by Gasteiger charge is 2.13. The summed E-state index contributed by atoms with van der Waals surface area (Å²) in [6.07, 6.45) is 0. The molecular formula is C19H19N5. The van der Waals surface area contributed by atoms with Crippen molar-refractivity contribution in [2.75, 3.05) is 7.05 Å². The van der Waals surface area contributed by atoms with Gasteiger partial charge >= 0.3 is 0 Å². The minimum Gasteiger partial charge on any atom is -0.296 e. The van der Waals surface area contributed by atoms with E-state index in [1.807, 2.05) is 29.8 Å². The maximum atomic E-state index is 8.93. The maximum absolute atomic E-state index is 8.93. The van der Waals surface area contributed by atoms with Gasteiger partial charge in [-0.1, -0.05) is 35.5 Å². The predicted octanol–water partition coefficient (Wildman–Crippen LogP) is 3.08. The summed E-state index contributed by atoms with van der Waals surface area (Å²) >= 11 is 0. The number of hydrogen-bond acceptors (Lipinski definition) is 4. The van der Waals surface area contributed by atoms with Crippen LogP contribution in [0.15, 0.2) is 54.6 Å². The van der Waals surface area contributed by atoms with Gasteiger partial charge < -0.3 is 0 Å². The zero-order valence-electron chi connectivity index (χ0n) is 13.8. The molecule has 24 heavy (non-hydrogen) atoms. The van der Waals surface area contributed by atoms with Crippen LogP contribution in [0.1, 0.15) is 22.5 Å². The summed E-state index contributed by atoms with van der Waals surface area (Å²) in [5.41, 5.74) is 4.79. The molecule has 3 rings (SSSR count). The molecule has 0 saturated carbocycles. The highest BCUT2D eigenvalue weighted by molar-refractivity contribution is 5.40. The highest BCUT2D eigenvalue weighted by atomic mass is 15.4. The minimum atomic E-state index is 0.637. The van der Waals surface area contributed by atoms with Crippen molar-refractivity contribution in [2.24, 2.45) is 0 Å². The molecule has 0 bridgehead atoms. The van der Waals surface area contributed by atoms with Gasteiger partial charge in [0, 0.05) is 13.1 Å². The van der Waals surface area contributed by atoms with Crippen molar-refractivity contribution in [3.8, 4) is 11.8 Å². The van der Waals surface area contributed by atoms with E-state index in [4.69, 9.17) is 5.26 Å². The Morgan fingerprint density at radius 2 is 1.75 bits per heavy atom. The Kier molecular flexibility index (Phi) is 4.69. The minimum absolute atomic E-state index is 0.637. The fourth-order valence-corrected chi connectivity index (χ4v) is 2.65. The standard InChI is InChI=1S/C19H19N5/c1-15-19(14-23(2)13-17-6-4-3-5-7-17)24(22-21-15)18-10-8-16(12-20)9-11-18/h3-11H,13-14H2,1-2H3. The fraction of sp³-hybridized carbons (Fsp3) is 0.211. The van der Waals surface area contributed by atoms with Crippen molar-refractivity contribution in [1.29, 1.82) is 5.26 Å². The lowest BCUT2D eigenvalue weighted by atomic mass is 10.2. The number of nitriles is 1. The molecule has 3 aromatic rings. The molecule has 120 valence electrons. The van der Waals surface area contributed by atoms with Gasteiger partial charge in [0.2, 0.25) is 0 Å². The molecule has 0 aliphatic heterocycles. The van der Waals surface area contributed by atoms with E-state index in [2.05, 4.69) is 52.6 Å². The van der Waals surface area contributed by atoms with E-state index >= 15 is 0 Å². The van der Waals surface area contributed by atoms with E-state index in [1.54, 1.807) is 12.1 Å². The quantitative estimate of drug-likeness (QED) is 0.725. The molecule has 0 spiro atoms. The summed E-state index contributed by atoms with van der Waals surface area (Å²) in [5, 5.41) is 17.4. The third kappa shape index (κ3) is 3.50. The van der Waals surface area contributed by atoms with Crippen LogP contribution in [0.5, 0.6) is 0 Å². The lowest BCUT2D eigenvalue weighted by Gasteiger charge is -2.17. The van der Waals surface area contributed by atoms with Crippen molar-refractivity contribution >= 4 is 0 Å². The van der Waals surface area contributed by atoms with E-state index in [0.717, 1.165) is 30.2 Å². The Bertz CT molecular complexity index is 844. The Morgan fingerprint density at radius 1 is 1.04 bits per heavy atom. The first-order chi connectivity index (χ1) is 11.7. The Hall–Kier alpha value is -2.97. The van der Waals surface area contributed by atoms with E-state index < -0.39 is 0 Å². The van der Waals surface area contributed by atoms with E-state index in [0.29, 0.717) is 5.56 Å². The number of aromatic nitrogens is 3. The van der Waals surface area contributed by atoms with Gasteiger partial charge in [-0.3, -0.25) is 4.90 Å². The largest absolute Gasteiger partial charge is 0.296 e. The third-order valence-corrected chi connectivity index (χ3v) is 3.91. The summed E-state index contributed by atoms with van der Waals surface area (Å²) in [6, 6.07) is 19.9. The van der Waals surface area contributed by atoms with Gasteiger partial charge in [0.25, 0.3) is 0 Å². The molecule has 0 amide bonds. The van der Waals surface area contributed by atoms with Crippen LogP contribution in [-0.2, 0) is 13.1 Å². The van der Waals surface area contributed by atoms with Gasteiger partial charge in [-0.2, -0.15) is 5.26 Å². The number of hydrogen-bond donors (Lipinski definition) is 0. The Balaban J connectivity index is 1.80. The predicted molar refractivity (Wildman–Crippen MR) is 92.4 cm³/mol. The molecular weight excluding hydrogens is 298 g/mol. The number of aryl methyl sites for hydroxylation is 1. The second-order valence-corrected chi connectivity index (χ2v) is 5.85. The second-order valence-electron chi connectivity index (χ2n) is 5.85. The molecule has 0 radical (unpaired) electrons. The highest BCUT2D eigenvalue weighted by Crippen LogP contribution is 2.16. The molecule has 0 atom stereocenters. The summed E-state index contributed by atoms with van der Waals surface area (Å²) in [6.45, 7) is 3.57. The molecule has 0 fully saturated rings. The molecule has 0 unspecified atom stereocenters. The molecule has 1 aromatic heterocycles. The van der Waals surface area contributed by atoms with Gasteiger partial charge in [0.1, 0.15) is 0 Å². The second kappa shape index (κ2) is 7.07. The molecule has 0 aliphatic rings. The zero-order chi connectivity index (χ0) is 16.9. The lowest BCUT2D eigenvalue weighted by molar-refractivity contribution is 0.311. The van der Waals surface area contributed by atoms with E-state index in [9.17, 15) is 0 Å². The molecule has 0 N–H and O–H groups in total. The van der Waals surface area contributed by atoms with Crippen molar-refractivity contribution in [3.05, 3.63) is 77.1 Å². The van der Waals surface area contributed by atoms with Gasteiger partial charge in [-0.05, 0) is 43.8 Å². The van der Waals surface area contributed by atoms with Crippen molar-refractivity contribution < 1.29 is 0 Å². The van der Waals surface area contributed by atoms with Crippen molar-refractivity contribution in [3.63, 3.8) is 0 Å². The monoisotopic (exact) mass is 317 g/mol. The van der Waals surface area contributed by atoms with Crippen LogP contribution in [0.2, 0.25) is 0 Å². The van der Waals surface area contributed by atoms with Crippen LogP contribution in [0.25, 0.3) is 5.69 Å². The Morgan fingerprint density at radius 3 is 2.42 bits per heavy atom. The van der Waals surface area contributed by atoms with Crippen LogP contribution in [-0.4, -0.2) is 26.9 Å². The molecule has 5 heteroatoms. The normalized spacial score (nSPS) is 10.8. The summed E-state index contributed by atoms with van der Waals surface area (Å²) in [4.78, 5) is 2.24. The average Bonchev–Trinajstić information content (AvgIpc) is 2.96. The van der Waals surface area contributed by atoms with Crippen LogP contribution in [0, 0.1) is 18.3 Å². The van der Waals surface area contributed by atoms with Crippen LogP contribution >= 0.6 is 0 Å². The summed E-state index contributed by atoms with van der Waals surface area (Å²) in [5.74, 6) is 0. The maximum Gasteiger partial charge on any atom is 0.0991 e. The first-order valence-electron chi connectivity index (χ1n) is 7.81. The summed E-state index contributed by atoms with van der Waals surface area (Å²) < 4.78 is 1.85. The molecule has 0 aliphatic carbocycles. The van der Waals surface area contributed by atoms with Crippen LogP contribution in [0.3, 0.4) is 0 Å². The van der Waals surface area contributed by atoms with Crippen molar-refractivity contribution in [1.82, 2.24) is 19.9 Å². The van der Waals surface area contributed by atoms with Gasteiger partial charge in [0.05, 0.1) is 28.7 Å². The van der Waals surface area contributed by atoms with E-state index in [1.165, 1.54) is 5.56 Å². The van der Waals surface area contributed by atoms with E-state index in [-0.39, 0.29) is 0 Å². The molecule has 5 nitrogen and oxygen atoms in total. The molecule has 0 saturated heterocycles. The van der Waals surface area contributed by atoms with Gasteiger partial charge in [-0.25, -0.2) is 4.68 Å². The van der Waals surface area contributed by atoms with Crippen molar-refractivity contribution in [2.45, 2.75) is 20.0 Å². The lowest BCUT2D eigenvalue weighted by Crippen LogP contribution is -2.20. The number of nitrogens with zero attached hydrogens (tertiary/aromatic N) is 5. The topological polar surface area (TPSA) is 57.7 Å². The third-order valence-electron chi connectivity index (χ3n) is 3.91. The smallest absolute Gasteiger partial charge is 0.0991 e. The number of benzene rings is 2. The SMILES string of the molecule is Cc1nnn(-c2ccc(C#N)cc2)c1CN(C)Cc1ccccc1. The fourth-order valence-electron chi connectivity index (χ4n) is 2.65. The summed E-state index contributed by atoms with van der Waals surface area (Å²) in [7, 11) is 2.09. The van der Waals surface area contributed by atoms with Crippen LogP contribution in [0.4, 0.5) is 0 Å². The number of rotatable bonds is 5.